The molecule has 1 aliphatic carbocycles. The molecule has 2 aromatic carbocycles. The van der Waals surface area contributed by atoms with Crippen LogP contribution in [0.1, 0.15) is 127 Å². The summed E-state index contributed by atoms with van der Waals surface area (Å²) >= 11 is 0. The lowest BCUT2D eigenvalue weighted by Gasteiger charge is -2.32. The van der Waals surface area contributed by atoms with Gasteiger partial charge in [0.1, 0.15) is 22.8 Å². The third-order valence-corrected chi connectivity index (χ3v) is 17.7. The van der Waals surface area contributed by atoms with Crippen molar-refractivity contribution >= 4 is 66.5 Å². The SMILES string of the molecule is CNC(=O)CCCCn1cc(COCC(COCc2cn(CCCCCCNC(=O)c3ccc(-c4c5ccc(=N)c(S(=O)(=O)O)c-5oc5c(S(=O)(=O)O)c(N)ccc45)c(C(=O)O)c3)nn2)(COCc2cn(CCCCC(=O)NC)nn2)COCc2cn(CCCCC(=O)NC)nn2)nn1. The molecule has 0 unspecified atom stereocenters. The zero-order valence-corrected chi connectivity index (χ0v) is 56.7. The zero-order valence-electron chi connectivity index (χ0n) is 55.1. The number of nitrogen functional groups attached to an aromatic ring is 1. The van der Waals surface area contributed by atoms with Crippen LogP contribution in [0.2, 0.25) is 0 Å². The topological polar surface area (TPSA) is 485 Å². The lowest BCUT2D eigenvalue weighted by molar-refractivity contribution is -0.121. The molecule has 0 spiro atoms. The largest absolute Gasteiger partial charge is 0.478 e. The lowest BCUT2D eigenvalue weighted by atomic mass is 9.89. The van der Waals surface area contributed by atoms with Gasteiger partial charge >= 0.3 is 5.97 Å². The molecule has 8 rings (SSSR count). The molecule has 4 aromatic heterocycles. The number of nitrogens with two attached hydrogens (primary N) is 1. The number of carboxylic acid groups (broad SMARTS) is 1. The van der Waals surface area contributed by atoms with Gasteiger partial charge in [-0.05, 0) is 93.3 Å². The first-order chi connectivity index (χ1) is 47.5. The van der Waals surface area contributed by atoms with Crippen molar-refractivity contribution in [2.24, 2.45) is 5.41 Å². The lowest BCUT2D eigenvalue weighted by Crippen LogP contribution is -2.41. The predicted molar refractivity (Wildman–Crippen MR) is 351 cm³/mol. The molecule has 0 atom stereocenters. The number of rotatable bonds is 43. The van der Waals surface area contributed by atoms with Gasteiger partial charge in [0.25, 0.3) is 26.1 Å². The van der Waals surface area contributed by atoms with E-state index in [9.17, 15) is 55.0 Å². The number of benzene rings is 3. The Morgan fingerprint density at radius 2 is 0.970 bits per heavy atom. The molecule has 99 heavy (non-hydrogen) atoms. The number of anilines is 1. The van der Waals surface area contributed by atoms with E-state index in [0.717, 1.165) is 43.9 Å². The molecule has 0 saturated heterocycles. The van der Waals surface area contributed by atoms with Crippen molar-refractivity contribution in [1.82, 2.24) is 81.2 Å². The number of aromatic nitrogens is 12. The second kappa shape index (κ2) is 35.8. The first-order valence-corrected chi connectivity index (χ1v) is 34.8. The predicted octanol–water partition coefficient (Wildman–Crippen LogP) is 3.72. The second-order valence-electron chi connectivity index (χ2n) is 23.6. The Bertz CT molecular complexity index is 4170. The van der Waals surface area contributed by atoms with Gasteiger partial charge < -0.3 is 55.5 Å². The van der Waals surface area contributed by atoms with E-state index < -0.39 is 75.3 Å². The van der Waals surface area contributed by atoms with Gasteiger partial charge in [0.05, 0.1) is 99.7 Å². The molecular formula is C62H82N18O17S2. The van der Waals surface area contributed by atoms with Gasteiger partial charge in [0.2, 0.25) is 17.7 Å². The van der Waals surface area contributed by atoms with Crippen LogP contribution < -0.4 is 32.4 Å². The molecule has 35 nitrogen and oxygen atoms in total. The molecular weight excluding hydrogens is 1330 g/mol. The molecule has 0 saturated carbocycles. The Labute approximate surface area is 569 Å². The molecule has 5 heterocycles. The number of carbonyl (C=O) groups is 5. The summed E-state index contributed by atoms with van der Waals surface area (Å²) in [4.78, 5) is 59.6. The average Bonchev–Trinajstić information content (AvgIpc) is 1.54. The highest BCUT2D eigenvalue weighted by Crippen LogP contribution is 2.46. The summed E-state index contributed by atoms with van der Waals surface area (Å²) < 4.78 is 109. The van der Waals surface area contributed by atoms with Gasteiger partial charge in [-0.1, -0.05) is 39.8 Å². The smallest absolute Gasteiger partial charge is 0.336 e. The number of hydrogen-bond donors (Lipinski definition) is 9. The number of amides is 4. The fourth-order valence-electron chi connectivity index (χ4n) is 10.8. The second-order valence-corrected chi connectivity index (χ2v) is 26.3. The molecule has 6 aromatic rings. The fraction of sp³-hybridized carbons (Fsp3) is 0.484. The summed E-state index contributed by atoms with van der Waals surface area (Å²) in [7, 11) is -5.61. The van der Waals surface area contributed by atoms with Crippen molar-refractivity contribution < 1.29 is 78.4 Å². The van der Waals surface area contributed by atoms with Crippen molar-refractivity contribution in [3.8, 4) is 22.5 Å². The van der Waals surface area contributed by atoms with Gasteiger partial charge in [-0.25, -0.2) is 4.79 Å². The Hall–Kier alpha value is -9.50. The van der Waals surface area contributed by atoms with Crippen molar-refractivity contribution in [2.45, 2.75) is 146 Å². The maximum absolute atomic E-state index is 13.5. The number of unbranched alkanes of at least 4 members (excludes halogenated alkanes) is 6. The summed E-state index contributed by atoms with van der Waals surface area (Å²) in [6.07, 6.45) is 15.3. The number of ether oxygens (including phenoxy) is 4. The number of hydrogen-bond acceptors (Lipinski definition) is 24. The zero-order chi connectivity index (χ0) is 71.1. The molecule has 4 amide bonds. The number of aromatic carboxylic acids is 1. The third-order valence-electron chi connectivity index (χ3n) is 15.8. The van der Waals surface area contributed by atoms with Crippen LogP contribution in [-0.2, 0) is 106 Å². The van der Waals surface area contributed by atoms with Crippen molar-refractivity contribution in [1.29, 1.82) is 5.41 Å². The van der Waals surface area contributed by atoms with E-state index >= 15 is 0 Å². The average molecular weight is 1420 g/mol. The Morgan fingerprint density at radius 1 is 0.556 bits per heavy atom. The first-order valence-electron chi connectivity index (χ1n) is 31.9. The molecule has 1 aliphatic heterocycles. The number of aryl methyl sites for hydroxylation is 4. The van der Waals surface area contributed by atoms with Crippen molar-refractivity contribution in [3.63, 3.8) is 0 Å². The normalized spacial score (nSPS) is 12.0. The van der Waals surface area contributed by atoms with Crippen LogP contribution in [-0.4, -0.2) is 175 Å². The summed E-state index contributed by atoms with van der Waals surface area (Å²) in [5.74, 6) is -2.98. The summed E-state index contributed by atoms with van der Waals surface area (Å²) in [5, 5.41) is 62.9. The molecule has 0 radical (unpaired) electrons. The Balaban J connectivity index is 0.883. The molecule has 2 aliphatic rings. The van der Waals surface area contributed by atoms with Crippen LogP contribution >= 0.6 is 0 Å². The molecule has 37 heteroatoms. The van der Waals surface area contributed by atoms with E-state index in [1.807, 2.05) is 0 Å². The Kier molecular flexibility index (Phi) is 27.3. The van der Waals surface area contributed by atoms with E-state index in [4.69, 9.17) is 34.5 Å². The third kappa shape index (κ3) is 21.7. The van der Waals surface area contributed by atoms with Crippen molar-refractivity contribution in [2.75, 3.05) is 59.8 Å². The molecule has 0 fully saturated rings. The van der Waals surface area contributed by atoms with Crippen LogP contribution in [0.25, 0.3) is 33.4 Å². The molecule has 0 bridgehead atoms. The maximum Gasteiger partial charge on any atom is 0.336 e. The van der Waals surface area contributed by atoms with Gasteiger partial charge in [-0.15, -0.1) is 20.4 Å². The monoisotopic (exact) mass is 1410 g/mol. The number of fused-ring (bicyclic) bond motifs is 2. The summed E-state index contributed by atoms with van der Waals surface area (Å²) in [6.45, 7) is 3.04. The van der Waals surface area contributed by atoms with E-state index in [0.29, 0.717) is 107 Å². The van der Waals surface area contributed by atoms with Gasteiger partial charge in [0, 0.05) is 95.2 Å². The highest BCUT2D eigenvalue weighted by Gasteiger charge is 2.35. The van der Waals surface area contributed by atoms with Crippen LogP contribution in [0.4, 0.5) is 5.69 Å². The van der Waals surface area contributed by atoms with Crippen LogP contribution in [0.15, 0.2) is 81.5 Å². The number of nitrogens with zero attached hydrogens (tertiary/aromatic N) is 12. The standard InChI is InChI=1S/C62H82N18O17S2/c1-65-52(81)14-6-11-25-78-30-43(70-74-78)34-94-38-62(39-95-35-44-31-79(75-71-44)26-12-7-15-53(82)66-2,40-96-36-45-32-80(76-72-45)27-13-8-16-54(83)67-3)37-93-33-42-29-77(73-69-42)24-10-5-4-9-23-68-60(84)41-17-18-46(49(28-41)61(85)86)55-47-19-21-50(63)58(98(87,88)89)56(47)97-57-48(55)20-22-51(64)59(57)99(90,91)92/h17-22,28-32,63H,4-16,23-27,33-40,64H2,1-3H3,(H,65,81)(H,66,82)(H,67,83)(H,68,84)(H,85,86)(H,87,88,89)(H,90,91,92). The molecule has 534 valence electrons. The van der Waals surface area contributed by atoms with Gasteiger partial charge in [-0.2, -0.15) is 16.8 Å². The number of nitrogens with one attached hydrogen (secondary N) is 5. The fourth-order valence-corrected chi connectivity index (χ4v) is 12.3. The van der Waals surface area contributed by atoms with E-state index in [-0.39, 0.29) is 105 Å². The van der Waals surface area contributed by atoms with Crippen LogP contribution in [0, 0.1) is 10.8 Å². The minimum Gasteiger partial charge on any atom is -0.478 e. The number of carbonyl (C=O) groups excluding carboxylic acids is 4. The van der Waals surface area contributed by atoms with Crippen LogP contribution in [0.5, 0.6) is 0 Å². The highest BCUT2D eigenvalue weighted by molar-refractivity contribution is 7.86. The van der Waals surface area contributed by atoms with Crippen LogP contribution in [0.3, 0.4) is 0 Å². The summed E-state index contributed by atoms with van der Waals surface area (Å²) in [6, 6.07) is 8.25. The van der Waals surface area contributed by atoms with E-state index in [1.165, 1.54) is 24.3 Å². The minimum absolute atomic E-state index is 0.0326. The first kappa shape index (κ1) is 75.3. The van der Waals surface area contributed by atoms with Gasteiger partial charge in [-0.3, -0.25) is 52.4 Å². The van der Waals surface area contributed by atoms with E-state index in [1.54, 1.807) is 64.7 Å². The highest BCUT2D eigenvalue weighted by atomic mass is 32.2. The summed E-state index contributed by atoms with van der Waals surface area (Å²) in [5.41, 5.74) is 5.08. The molecule has 10 N–H and O–H groups in total. The quantitative estimate of drug-likeness (QED) is 0.0114. The number of carboxylic acids is 1. The minimum atomic E-state index is -5.24. The Morgan fingerprint density at radius 3 is 1.38 bits per heavy atom. The van der Waals surface area contributed by atoms with Gasteiger partial charge in [0.15, 0.2) is 21.1 Å². The maximum atomic E-state index is 13.5. The van der Waals surface area contributed by atoms with Crippen molar-refractivity contribution in [3.05, 3.63) is 107 Å². The van der Waals surface area contributed by atoms with E-state index in [2.05, 4.69) is 62.5 Å².